The molecule has 2 atom stereocenters. The zero-order chi connectivity index (χ0) is 21.9. The molecule has 2 aliphatic heterocycles. The van der Waals surface area contributed by atoms with Crippen molar-refractivity contribution in [2.45, 2.75) is 50.6 Å². The van der Waals surface area contributed by atoms with Crippen LogP contribution in [0.4, 0.5) is 17.6 Å². The molecule has 2 saturated heterocycles. The van der Waals surface area contributed by atoms with Gasteiger partial charge in [-0.15, -0.1) is 0 Å². The minimum Gasteiger partial charge on any atom is -0.335 e. The lowest BCUT2D eigenvalue weighted by atomic mass is 10.2. The Morgan fingerprint density at radius 3 is 2.75 bits per heavy atom. The first-order chi connectivity index (χ1) is 15.5. The van der Waals surface area contributed by atoms with Crippen LogP contribution in [-0.4, -0.2) is 63.8 Å². The molecule has 1 aromatic carbocycles. The number of nitrogens with zero attached hydrogens (tertiary/aromatic N) is 5. The van der Waals surface area contributed by atoms with E-state index in [4.69, 9.17) is 9.97 Å². The predicted molar refractivity (Wildman–Crippen MR) is 124 cm³/mol. The van der Waals surface area contributed by atoms with Crippen LogP contribution in [0.25, 0.3) is 10.9 Å². The van der Waals surface area contributed by atoms with Gasteiger partial charge in [-0.2, -0.15) is 14.4 Å². The number of fused-ring (bicyclic) bond motifs is 3. The molecule has 0 radical (unpaired) electrons. The minimum atomic E-state index is -3.19. The lowest BCUT2D eigenvalue weighted by Crippen LogP contribution is -2.49. The van der Waals surface area contributed by atoms with Crippen molar-refractivity contribution < 1.29 is 8.42 Å². The van der Waals surface area contributed by atoms with Crippen LogP contribution in [0.5, 0.6) is 0 Å². The Morgan fingerprint density at radius 1 is 1.16 bits per heavy atom. The van der Waals surface area contributed by atoms with Crippen LogP contribution in [0.3, 0.4) is 0 Å². The van der Waals surface area contributed by atoms with Crippen molar-refractivity contribution in [1.82, 2.24) is 24.5 Å². The first-order valence-electron chi connectivity index (χ1n) is 11.4. The van der Waals surface area contributed by atoms with Gasteiger partial charge in [-0.05, 0) is 37.8 Å². The first-order valence-corrected chi connectivity index (χ1v) is 13.0. The van der Waals surface area contributed by atoms with Gasteiger partial charge in [0, 0.05) is 48.2 Å². The maximum atomic E-state index is 12.6. The first kappa shape index (κ1) is 19.9. The Morgan fingerprint density at radius 2 is 2.00 bits per heavy atom. The topological polar surface area (TPSA) is 107 Å². The van der Waals surface area contributed by atoms with E-state index in [0.29, 0.717) is 31.4 Å². The molecule has 2 unspecified atom stereocenters. The maximum absolute atomic E-state index is 12.6. The number of sulfonamides is 1. The van der Waals surface area contributed by atoms with Gasteiger partial charge >= 0.3 is 0 Å². The maximum Gasteiger partial charge on any atom is 0.228 e. The molecule has 9 nitrogen and oxygen atoms in total. The third-order valence-corrected chi connectivity index (χ3v) is 8.81. The van der Waals surface area contributed by atoms with Crippen LogP contribution in [-0.2, 0) is 10.0 Å². The Kier molecular flexibility index (Phi) is 4.62. The number of rotatable bonds is 7. The highest BCUT2D eigenvalue weighted by atomic mass is 32.2. The van der Waals surface area contributed by atoms with E-state index >= 15 is 0 Å². The van der Waals surface area contributed by atoms with Crippen molar-refractivity contribution in [1.29, 1.82) is 0 Å². The van der Waals surface area contributed by atoms with Crippen LogP contribution in [0.2, 0.25) is 0 Å². The van der Waals surface area contributed by atoms with Gasteiger partial charge in [-0.25, -0.2) is 13.4 Å². The van der Waals surface area contributed by atoms with E-state index in [2.05, 4.69) is 26.5 Å². The molecule has 2 aromatic heterocycles. The van der Waals surface area contributed by atoms with Gasteiger partial charge in [-0.1, -0.05) is 19.1 Å². The van der Waals surface area contributed by atoms with E-state index in [-0.39, 0.29) is 17.8 Å². The average molecular weight is 454 g/mol. The fourth-order valence-electron chi connectivity index (χ4n) is 5.00. The summed E-state index contributed by atoms with van der Waals surface area (Å²) in [5.41, 5.74) is 2.02. The summed E-state index contributed by atoms with van der Waals surface area (Å²) in [5.74, 6) is 2.93. The normalized spacial score (nSPS) is 23.3. The summed E-state index contributed by atoms with van der Waals surface area (Å²) in [6, 6.07) is 10.1. The van der Waals surface area contributed by atoms with Crippen molar-refractivity contribution >= 4 is 38.5 Å². The smallest absolute Gasteiger partial charge is 0.228 e. The number of nitrogens with one attached hydrogen (secondary N) is 2. The second-order valence-corrected chi connectivity index (χ2v) is 11.1. The number of benzene rings is 1. The monoisotopic (exact) mass is 453 g/mol. The summed E-state index contributed by atoms with van der Waals surface area (Å²) >= 11 is 0. The van der Waals surface area contributed by atoms with E-state index in [1.165, 1.54) is 12.8 Å². The molecular weight excluding hydrogens is 426 g/mol. The molecule has 1 aliphatic carbocycles. The van der Waals surface area contributed by atoms with Crippen molar-refractivity contribution in [3.63, 3.8) is 0 Å². The summed E-state index contributed by atoms with van der Waals surface area (Å²) in [7, 11) is -3.19. The largest absolute Gasteiger partial charge is 0.335 e. The number of aromatic amines is 1. The highest BCUT2D eigenvalue weighted by molar-refractivity contribution is 7.89. The van der Waals surface area contributed by atoms with Crippen LogP contribution in [0, 0.1) is 0 Å². The molecule has 0 spiro atoms. The van der Waals surface area contributed by atoms with Gasteiger partial charge in [0.25, 0.3) is 0 Å². The molecule has 3 aromatic rings. The molecule has 2 bridgehead atoms. The molecule has 3 aliphatic rings. The Balaban J connectivity index is 1.30. The zero-order valence-corrected chi connectivity index (χ0v) is 18.8. The standard InChI is InChI=1S/C22H27N7O2S/c1-2-9-32(30,31)29-13-15-10-16(29)12-28(15)22-23-18-6-4-3-5-17(18)21(25-22)24-20-11-19(26-27-20)14-7-8-14/h3-6,11,14-16H,2,7-10,12-13H2,1H3,(H2,23,24,25,26,27). The van der Waals surface area contributed by atoms with Crippen molar-refractivity contribution in [2.24, 2.45) is 0 Å². The summed E-state index contributed by atoms with van der Waals surface area (Å²) in [6.45, 7) is 3.04. The third-order valence-electron chi connectivity index (χ3n) is 6.72. The van der Waals surface area contributed by atoms with Crippen molar-refractivity contribution in [2.75, 3.05) is 29.1 Å². The number of piperazine rings is 1. The molecule has 6 rings (SSSR count). The zero-order valence-electron chi connectivity index (χ0n) is 18.0. The van der Waals surface area contributed by atoms with Gasteiger partial charge in [0.2, 0.25) is 16.0 Å². The van der Waals surface area contributed by atoms with Gasteiger partial charge in [0.1, 0.15) is 5.82 Å². The molecule has 4 heterocycles. The highest BCUT2D eigenvalue weighted by Gasteiger charge is 2.48. The Hall–Kier alpha value is -2.72. The quantitative estimate of drug-likeness (QED) is 0.566. The van der Waals surface area contributed by atoms with E-state index in [9.17, 15) is 8.42 Å². The molecular formula is C22H27N7O2S. The Bertz CT molecular complexity index is 1270. The number of aromatic nitrogens is 4. The Labute approximate surface area is 187 Å². The van der Waals surface area contributed by atoms with E-state index in [1.54, 1.807) is 4.31 Å². The van der Waals surface area contributed by atoms with Gasteiger partial charge in [-0.3, -0.25) is 5.10 Å². The number of H-pyrrole nitrogens is 1. The number of hydrogen-bond donors (Lipinski definition) is 2. The molecule has 168 valence electrons. The van der Waals surface area contributed by atoms with E-state index in [0.717, 1.165) is 34.7 Å². The number of hydrogen-bond acceptors (Lipinski definition) is 7. The SMILES string of the molecule is CCCS(=O)(=O)N1CC2CC1CN2c1nc(Nc2cc(C3CC3)[nH]n2)c2ccccc2n1. The van der Waals surface area contributed by atoms with Gasteiger partial charge < -0.3 is 10.2 Å². The fraction of sp³-hybridized carbons (Fsp3) is 0.500. The number of anilines is 3. The van der Waals surface area contributed by atoms with Crippen LogP contribution in [0.1, 0.15) is 44.2 Å². The summed E-state index contributed by atoms with van der Waals surface area (Å²) in [4.78, 5) is 11.9. The van der Waals surface area contributed by atoms with E-state index in [1.807, 2.05) is 31.2 Å². The highest BCUT2D eigenvalue weighted by Crippen LogP contribution is 2.40. The lowest BCUT2D eigenvalue weighted by Gasteiger charge is -2.33. The summed E-state index contributed by atoms with van der Waals surface area (Å²) in [5, 5.41) is 11.9. The summed E-state index contributed by atoms with van der Waals surface area (Å²) in [6.07, 6.45) is 3.89. The second kappa shape index (κ2) is 7.41. The predicted octanol–water partition coefficient (Wildman–Crippen LogP) is 2.98. The van der Waals surface area contributed by atoms with Gasteiger partial charge in [0.15, 0.2) is 5.82 Å². The van der Waals surface area contributed by atoms with Crippen LogP contribution >= 0.6 is 0 Å². The van der Waals surface area contributed by atoms with Crippen molar-refractivity contribution in [3.8, 4) is 0 Å². The molecule has 32 heavy (non-hydrogen) atoms. The molecule has 10 heteroatoms. The lowest BCUT2D eigenvalue weighted by molar-refractivity contribution is 0.367. The minimum absolute atomic E-state index is 0.00419. The molecule has 1 saturated carbocycles. The molecule has 0 amide bonds. The van der Waals surface area contributed by atoms with Crippen molar-refractivity contribution in [3.05, 3.63) is 36.0 Å². The molecule has 3 fully saturated rings. The molecule has 2 N–H and O–H groups in total. The van der Waals surface area contributed by atoms with Gasteiger partial charge in [0.05, 0.1) is 11.3 Å². The van der Waals surface area contributed by atoms with Crippen LogP contribution in [0.15, 0.2) is 30.3 Å². The third kappa shape index (κ3) is 3.41. The van der Waals surface area contributed by atoms with Crippen LogP contribution < -0.4 is 10.2 Å². The average Bonchev–Trinajstić information content (AvgIpc) is 3.19. The second-order valence-electron chi connectivity index (χ2n) is 9.08. The fourth-order valence-corrected chi connectivity index (χ4v) is 6.76. The number of para-hydroxylation sites is 1. The van der Waals surface area contributed by atoms with E-state index < -0.39 is 10.0 Å². The summed E-state index contributed by atoms with van der Waals surface area (Å²) < 4.78 is 26.9.